The maximum atomic E-state index is 6.47. The van der Waals surface area contributed by atoms with Crippen molar-refractivity contribution in [3.63, 3.8) is 0 Å². The summed E-state index contributed by atoms with van der Waals surface area (Å²) in [6, 6.07) is 0.529. The molecule has 1 unspecified atom stereocenters. The molecule has 1 saturated carbocycles. The summed E-state index contributed by atoms with van der Waals surface area (Å²) in [5.41, 5.74) is 8.12. The third kappa shape index (κ3) is 2.72. The molecular formula is C18H31N3. The van der Waals surface area contributed by atoms with Crippen molar-refractivity contribution < 1.29 is 0 Å². The van der Waals surface area contributed by atoms with E-state index in [1.165, 1.54) is 50.0 Å². The van der Waals surface area contributed by atoms with E-state index in [1.807, 2.05) is 0 Å². The van der Waals surface area contributed by atoms with Gasteiger partial charge in [0, 0.05) is 18.4 Å². The zero-order chi connectivity index (χ0) is 15.2. The Morgan fingerprint density at radius 3 is 2.33 bits per heavy atom. The van der Waals surface area contributed by atoms with Crippen LogP contribution < -0.4 is 5.73 Å². The summed E-state index contributed by atoms with van der Waals surface area (Å²) in [7, 11) is 0. The number of nitrogens with two attached hydrogens (primary N) is 1. The van der Waals surface area contributed by atoms with Crippen LogP contribution in [0.4, 0.5) is 5.82 Å². The first-order valence-electron chi connectivity index (χ1n) is 8.74. The predicted molar refractivity (Wildman–Crippen MR) is 88.4 cm³/mol. The summed E-state index contributed by atoms with van der Waals surface area (Å²) in [6.07, 6.45) is 8.77. The summed E-state index contributed by atoms with van der Waals surface area (Å²) in [5, 5.41) is 0. The number of aromatic nitrogens is 2. The molecule has 0 aromatic carbocycles. The van der Waals surface area contributed by atoms with Gasteiger partial charge in [-0.1, -0.05) is 20.8 Å². The van der Waals surface area contributed by atoms with E-state index >= 15 is 0 Å². The highest BCUT2D eigenvalue weighted by molar-refractivity contribution is 5.42. The molecule has 0 bridgehead atoms. The Bertz CT molecular complexity index is 501. The third-order valence-electron chi connectivity index (χ3n) is 5.85. The number of imidazole rings is 1. The lowest BCUT2D eigenvalue weighted by molar-refractivity contribution is 0.168. The zero-order valence-electron chi connectivity index (χ0n) is 14.2. The quantitative estimate of drug-likeness (QED) is 0.815. The Balaban J connectivity index is 1.77. The molecule has 3 nitrogen and oxygen atoms in total. The minimum atomic E-state index is 0.443. The van der Waals surface area contributed by atoms with Gasteiger partial charge in [0.05, 0.1) is 5.69 Å². The first-order chi connectivity index (χ1) is 9.88. The minimum absolute atomic E-state index is 0.443. The van der Waals surface area contributed by atoms with Gasteiger partial charge in [-0.2, -0.15) is 0 Å². The van der Waals surface area contributed by atoms with Crippen molar-refractivity contribution in [1.82, 2.24) is 9.55 Å². The molecule has 1 aromatic heterocycles. The molecule has 3 rings (SSSR count). The second-order valence-electron chi connectivity index (χ2n) is 8.32. The van der Waals surface area contributed by atoms with Crippen LogP contribution in [0, 0.1) is 11.3 Å². The van der Waals surface area contributed by atoms with Crippen LogP contribution in [0.2, 0.25) is 0 Å². The van der Waals surface area contributed by atoms with E-state index in [2.05, 4.69) is 32.3 Å². The molecule has 0 saturated heterocycles. The number of anilines is 1. The summed E-state index contributed by atoms with van der Waals surface area (Å²) in [5.74, 6) is 3.65. The van der Waals surface area contributed by atoms with E-state index in [4.69, 9.17) is 10.7 Å². The molecule has 2 aliphatic rings. The second kappa shape index (κ2) is 5.33. The van der Waals surface area contributed by atoms with Crippen LogP contribution in [0.3, 0.4) is 0 Å². The minimum Gasteiger partial charge on any atom is -0.384 e. The first-order valence-corrected chi connectivity index (χ1v) is 8.74. The van der Waals surface area contributed by atoms with Crippen molar-refractivity contribution in [2.45, 2.75) is 84.6 Å². The number of rotatable bonds is 1. The van der Waals surface area contributed by atoms with Crippen LogP contribution in [0.15, 0.2) is 0 Å². The second-order valence-corrected chi connectivity index (χ2v) is 8.32. The number of nitrogen functional groups attached to an aromatic ring is 1. The molecule has 1 atom stereocenters. The van der Waals surface area contributed by atoms with Gasteiger partial charge >= 0.3 is 0 Å². The number of aryl methyl sites for hydroxylation is 1. The molecule has 21 heavy (non-hydrogen) atoms. The highest BCUT2D eigenvalue weighted by atomic mass is 15.2. The fraction of sp³-hybridized carbons (Fsp3) is 0.833. The Morgan fingerprint density at radius 1 is 1.10 bits per heavy atom. The lowest BCUT2D eigenvalue weighted by Gasteiger charge is -2.36. The zero-order valence-corrected chi connectivity index (χ0v) is 14.2. The molecule has 1 aliphatic carbocycles. The lowest BCUT2D eigenvalue weighted by atomic mass is 9.69. The average molecular weight is 289 g/mol. The van der Waals surface area contributed by atoms with Crippen LogP contribution in [0.1, 0.15) is 89.7 Å². The van der Waals surface area contributed by atoms with Crippen molar-refractivity contribution in [2.24, 2.45) is 11.3 Å². The van der Waals surface area contributed by atoms with Gasteiger partial charge in [0.15, 0.2) is 0 Å². The Kier molecular flexibility index (Phi) is 3.79. The number of hydrogen-bond donors (Lipinski definition) is 1. The SMILES string of the molecule is CC1CCCc2nc(C3CCC(C(C)(C)C)CC3)c(N)n21. The molecule has 118 valence electrons. The smallest absolute Gasteiger partial charge is 0.127 e. The average Bonchev–Trinajstić information content (AvgIpc) is 2.77. The molecule has 1 aromatic rings. The monoisotopic (exact) mass is 289 g/mol. The van der Waals surface area contributed by atoms with E-state index in [9.17, 15) is 0 Å². The van der Waals surface area contributed by atoms with E-state index in [0.717, 1.165) is 18.2 Å². The Morgan fingerprint density at radius 2 is 1.76 bits per heavy atom. The fourth-order valence-electron chi connectivity index (χ4n) is 4.40. The molecule has 0 radical (unpaired) electrons. The van der Waals surface area contributed by atoms with E-state index in [0.29, 0.717) is 17.4 Å². The summed E-state index contributed by atoms with van der Waals surface area (Å²) < 4.78 is 2.31. The summed E-state index contributed by atoms with van der Waals surface area (Å²) in [6.45, 7) is 9.41. The van der Waals surface area contributed by atoms with Gasteiger partial charge in [0.1, 0.15) is 11.6 Å². The summed E-state index contributed by atoms with van der Waals surface area (Å²) >= 11 is 0. The molecule has 1 aliphatic heterocycles. The lowest BCUT2D eigenvalue weighted by Crippen LogP contribution is -2.25. The van der Waals surface area contributed by atoms with Crippen LogP contribution in [0.25, 0.3) is 0 Å². The van der Waals surface area contributed by atoms with Crippen molar-refractivity contribution in [2.75, 3.05) is 5.73 Å². The molecule has 0 amide bonds. The number of nitrogens with zero attached hydrogens (tertiary/aromatic N) is 2. The van der Waals surface area contributed by atoms with Gasteiger partial charge in [0.25, 0.3) is 0 Å². The largest absolute Gasteiger partial charge is 0.384 e. The normalized spacial score (nSPS) is 30.2. The van der Waals surface area contributed by atoms with E-state index in [-0.39, 0.29) is 0 Å². The van der Waals surface area contributed by atoms with Crippen molar-refractivity contribution in [3.05, 3.63) is 11.5 Å². The summed E-state index contributed by atoms with van der Waals surface area (Å²) in [4.78, 5) is 4.95. The molecule has 2 N–H and O–H groups in total. The highest BCUT2D eigenvalue weighted by Gasteiger charge is 2.33. The topological polar surface area (TPSA) is 43.8 Å². The predicted octanol–water partition coefficient (Wildman–Crippen LogP) is 4.68. The highest BCUT2D eigenvalue weighted by Crippen LogP contribution is 2.44. The van der Waals surface area contributed by atoms with E-state index in [1.54, 1.807) is 0 Å². The van der Waals surface area contributed by atoms with Crippen molar-refractivity contribution >= 4 is 5.82 Å². The van der Waals surface area contributed by atoms with Crippen LogP contribution >= 0.6 is 0 Å². The van der Waals surface area contributed by atoms with Crippen LogP contribution in [0.5, 0.6) is 0 Å². The molecule has 2 heterocycles. The van der Waals surface area contributed by atoms with Gasteiger partial charge in [0.2, 0.25) is 0 Å². The van der Waals surface area contributed by atoms with Gasteiger partial charge in [-0.05, 0) is 56.8 Å². The molecule has 1 fully saturated rings. The number of fused-ring (bicyclic) bond motifs is 1. The molecule has 3 heteroatoms. The van der Waals surface area contributed by atoms with Crippen molar-refractivity contribution in [3.8, 4) is 0 Å². The number of hydrogen-bond acceptors (Lipinski definition) is 2. The fourth-order valence-corrected chi connectivity index (χ4v) is 4.40. The van der Waals surface area contributed by atoms with Gasteiger partial charge in [-0.25, -0.2) is 4.98 Å². The Hall–Kier alpha value is -0.990. The Labute approximate surface area is 129 Å². The first kappa shape index (κ1) is 14.9. The standard InChI is InChI=1S/C18H31N3/c1-12-6-5-7-15-20-16(17(19)21(12)15)13-8-10-14(11-9-13)18(2,3)4/h12-14H,5-11,19H2,1-4H3. The van der Waals surface area contributed by atoms with Gasteiger partial charge in [-0.15, -0.1) is 0 Å². The molecule has 0 spiro atoms. The maximum Gasteiger partial charge on any atom is 0.127 e. The van der Waals surface area contributed by atoms with Crippen LogP contribution in [-0.4, -0.2) is 9.55 Å². The third-order valence-corrected chi connectivity index (χ3v) is 5.85. The maximum absolute atomic E-state index is 6.47. The van der Waals surface area contributed by atoms with E-state index < -0.39 is 0 Å². The van der Waals surface area contributed by atoms with Crippen LogP contribution in [-0.2, 0) is 6.42 Å². The van der Waals surface area contributed by atoms with Gasteiger partial charge in [-0.3, -0.25) is 0 Å². The van der Waals surface area contributed by atoms with Crippen molar-refractivity contribution in [1.29, 1.82) is 0 Å². The molecular weight excluding hydrogens is 258 g/mol. The van der Waals surface area contributed by atoms with Gasteiger partial charge < -0.3 is 10.3 Å².